The van der Waals surface area contributed by atoms with Gasteiger partial charge in [-0.25, -0.2) is 0 Å². The third kappa shape index (κ3) is 3.29. The van der Waals surface area contributed by atoms with Crippen LogP contribution in [0.2, 0.25) is 5.02 Å². The number of ether oxygens (including phenoxy) is 1. The van der Waals surface area contributed by atoms with E-state index in [1.54, 1.807) is 13.2 Å². The van der Waals surface area contributed by atoms with Gasteiger partial charge in [0.05, 0.1) is 12.1 Å². The van der Waals surface area contributed by atoms with Crippen molar-refractivity contribution in [1.82, 2.24) is 0 Å². The highest BCUT2D eigenvalue weighted by Crippen LogP contribution is 2.39. The van der Waals surface area contributed by atoms with E-state index in [2.05, 4.69) is 31.9 Å². The van der Waals surface area contributed by atoms with Gasteiger partial charge in [0.25, 0.3) is 0 Å². The summed E-state index contributed by atoms with van der Waals surface area (Å²) in [5.41, 5.74) is 3.44. The fraction of sp³-hybridized carbons (Fsp3) is 0.250. The smallest absolute Gasteiger partial charge is 0.128 e. The maximum absolute atomic E-state index is 10.8. The largest absolute Gasteiger partial charge is 0.496 e. The van der Waals surface area contributed by atoms with Crippen molar-refractivity contribution in [3.05, 3.63) is 60.5 Å². The molecule has 2 rings (SSSR count). The zero-order chi connectivity index (χ0) is 15.7. The molecule has 2 aromatic carbocycles. The first kappa shape index (κ1) is 16.8. The van der Waals surface area contributed by atoms with Crippen molar-refractivity contribution in [2.45, 2.75) is 20.0 Å². The minimum absolute atomic E-state index is 0.611. The van der Waals surface area contributed by atoms with Crippen LogP contribution in [-0.4, -0.2) is 12.2 Å². The summed E-state index contributed by atoms with van der Waals surface area (Å²) in [5.74, 6) is 0.703. The first-order chi connectivity index (χ1) is 9.86. The van der Waals surface area contributed by atoms with Gasteiger partial charge in [-0.2, -0.15) is 0 Å². The summed E-state index contributed by atoms with van der Waals surface area (Å²) in [6.07, 6.45) is -0.787. The number of rotatable bonds is 3. The number of benzene rings is 2. The van der Waals surface area contributed by atoms with Gasteiger partial charge >= 0.3 is 0 Å². The van der Waals surface area contributed by atoms with Crippen LogP contribution >= 0.6 is 43.5 Å². The molecule has 0 aromatic heterocycles. The lowest BCUT2D eigenvalue weighted by Gasteiger charge is -2.21. The number of methoxy groups -OCH3 is 1. The van der Waals surface area contributed by atoms with E-state index in [9.17, 15) is 5.11 Å². The highest BCUT2D eigenvalue weighted by Gasteiger charge is 2.22. The number of aryl methyl sites for hydroxylation is 1. The molecule has 0 aliphatic heterocycles. The van der Waals surface area contributed by atoms with Gasteiger partial charge in [-0.05, 0) is 64.7 Å². The quantitative estimate of drug-likeness (QED) is 0.684. The molecular formula is C16H15Br2ClO2. The van der Waals surface area contributed by atoms with Crippen LogP contribution in [0.1, 0.15) is 28.4 Å². The Morgan fingerprint density at radius 1 is 1.14 bits per heavy atom. The molecule has 0 aliphatic rings. The summed E-state index contributed by atoms with van der Waals surface area (Å²) >= 11 is 12.9. The summed E-state index contributed by atoms with van der Waals surface area (Å²) in [6, 6.07) is 7.38. The van der Waals surface area contributed by atoms with Crippen LogP contribution in [0.4, 0.5) is 0 Å². The summed E-state index contributed by atoms with van der Waals surface area (Å²) in [6.45, 7) is 3.91. The fourth-order valence-corrected chi connectivity index (χ4v) is 3.40. The van der Waals surface area contributed by atoms with E-state index in [4.69, 9.17) is 16.3 Å². The molecule has 2 nitrogen and oxygen atoms in total. The maximum atomic E-state index is 10.8. The Labute approximate surface area is 146 Å². The fourth-order valence-electron chi connectivity index (χ4n) is 2.32. The Bertz CT molecular complexity index is 686. The SMILES string of the molecule is COc1c(C)cc(Br)c(C)c1C(O)c1ccc(Cl)c(Br)c1. The van der Waals surface area contributed by atoms with E-state index in [1.165, 1.54) is 0 Å². The predicted molar refractivity (Wildman–Crippen MR) is 93.4 cm³/mol. The van der Waals surface area contributed by atoms with Crippen LogP contribution < -0.4 is 4.74 Å². The lowest BCUT2D eigenvalue weighted by molar-refractivity contribution is 0.213. The highest BCUT2D eigenvalue weighted by atomic mass is 79.9. The van der Waals surface area contributed by atoms with E-state index in [-0.39, 0.29) is 0 Å². The van der Waals surface area contributed by atoms with E-state index in [0.29, 0.717) is 10.8 Å². The van der Waals surface area contributed by atoms with Gasteiger partial charge in [-0.15, -0.1) is 0 Å². The van der Waals surface area contributed by atoms with Crippen molar-refractivity contribution >= 4 is 43.5 Å². The Hall–Kier alpha value is -0.550. The molecule has 0 fully saturated rings. The maximum Gasteiger partial charge on any atom is 0.128 e. The summed E-state index contributed by atoms with van der Waals surface area (Å²) in [7, 11) is 1.61. The minimum Gasteiger partial charge on any atom is -0.496 e. The molecule has 2 aromatic rings. The topological polar surface area (TPSA) is 29.5 Å². The van der Waals surface area contributed by atoms with Gasteiger partial charge in [0.2, 0.25) is 0 Å². The summed E-state index contributed by atoms with van der Waals surface area (Å²) in [4.78, 5) is 0. The van der Waals surface area contributed by atoms with Gasteiger partial charge in [0.15, 0.2) is 0 Å². The first-order valence-electron chi connectivity index (χ1n) is 6.33. The van der Waals surface area contributed by atoms with Gasteiger partial charge < -0.3 is 9.84 Å². The molecule has 0 spiro atoms. The van der Waals surface area contributed by atoms with Crippen LogP contribution in [0, 0.1) is 13.8 Å². The molecule has 21 heavy (non-hydrogen) atoms. The average molecular weight is 435 g/mol. The lowest BCUT2D eigenvalue weighted by Crippen LogP contribution is -2.07. The van der Waals surface area contributed by atoms with Gasteiger partial charge in [-0.1, -0.05) is 33.6 Å². The number of aliphatic hydroxyl groups excluding tert-OH is 1. The molecule has 5 heteroatoms. The molecular weight excluding hydrogens is 419 g/mol. The second-order valence-corrected chi connectivity index (χ2v) is 6.94. The molecule has 1 N–H and O–H groups in total. The van der Waals surface area contributed by atoms with Crippen molar-refractivity contribution in [3.63, 3.8) is 0 Å². The zero-order valence-corrected chi connectivity index (χ0v) is 15.8. The Balaban J connectivity index is 2.62. The second kappa shape index (κ2) is 6.69. The number of aliphatic hydroxyl groups is 1. The van der Waals surface area contributed by atoms with Gasteiger partial charge in [-0.3, -0.25) is 0 Å². The molecule has 0 bridgehead atoms. The van der Waals surface area contributed by atoms with Gasteiger partial charge in [0, 0.05) is 14.5 Å². The molecule has 0 radical (unpaired) electrons. The van der Waals surface area contributed by atoms with E-state index >= 15 is 0 Å². The lowest BCUT2D eigenvalue weighted by atomic mass is 9.94. The normalized spacial score (nSPS) is 12.3. The van der Waals surface area contributed by atoms with E-state index in [0.717, 1.165) is 31.2 Å². The molecule has 0 heterocycles. The molecule has 0 amide bonds. The predicted octanol–water partition coefficient (Wildman–Crippen LogP) is 5.57. The van der Waals surface area contributed by atoms with Crippen LogP contribution in [0.15, 0.2) is 33.2 Å². The van der Waals surface area contributed by atoms with Crippen LogP contribution in [-0.2, 0) is 0 Å². The molecule has 1 atom stereocenters. The number of halogens is 3. The van der Waals surface area contributed by atoms with Crippen molar-refractivity contribution in [1.29, 1.82) is 0 Å². The molecule has 0 aliphatic carbocycles. The van der Waals surface area contributed by atoms with E-state index in [1.807, 2.05) is 32.0 Å². The average Bonchev–Trinajstić information content (AvgIpc) is 2.44. The molecule has 0 saturated heterocycles. The Morgan fingerprint density at radius 3 is 2.38 bits per heavy atom. The second-order valence-electron chi connectivity index (χ2n) is 4.82. The van der Waals surface area contributed by atoms with Crippen molar-refractivity contribution in [2.24, 2.45) is 0 Å². The Kier molecular flexibility index (Phi) is 5.36. The van der Waals surface area contributed by atoms with Crippen LogP contribution in [0.5, 0.6) is 5.75 Å². The Morgan fingerprint density at radius 2 is 1.81 bits per heavy atom. The van der Waals surface area contributed by atoms with Crippen molar-refractivity contribution in [3.8, 4) is 5.75 Å². The number of hydrogen-bond acceptors (Lipinski definition) is 2. The third-order valence-electron chi connectivity index (χ3n) is 3.45. The standard InChI is InChI=1S/C16H15Br2ClO2/c1-8-6-11(17)9(2)14(16(8)21-3)15(20)10-4-5-13(19)12(18)7-10/h4-7,15,20H,1-3H3. The molecule has 112 valence electrons. The summed E-state index contributed by atoms with van der Waals surface area (Å²) < 4.78 is 7.19. The molecule has 1 unspecified atom stereocenters. The molecule has 0 saturated carbocycles. The minimum atomic E-state index is -0.787. The highest BCUT2D eigenvalue weighted by molar-refractivity contribution is 9.10. The monoisotopic (exact) mass is 432 g/mol. The van der Waals surface area contributed by atoms with Gasteiger partial charge in [0.1, 0.15) is 11.9 Å². The van der Waals surface area contributed by atoms with Crippen molar-refractivity contribution in [2.75, 3.05) is 7.11 Å². The first-order valence-corrected chi connectivity index (χ1v) is 8.29. The number of hydrogen-bond donors (Lipinski definition) is 1. The zero-order valence-electron chi connectivity index (χ0n) is 11.9. The van der Waals surface area contributed by atoms with Crippen molar-refractivity contribution < 1.29 is 9.84 Å². The third-order valence-corrected chi connectivity index (χ3v) is 5.48. The van der Waals surface area contributed by atoms with Crippen LogP contribution in [0.25, 0.3) is 0 Å². The van der Waals surface area contributed by atoms with E-state index < -0.39 is 6.10 Å². The van der Waals surface area contributed by atoms with Crippen LogP contribution in [0.3, 0.4) is 0 Å². The summed E-state index contributed by atoms with van der Waals surface area (Å²) in [5, 5.41) is 11.4.